The lowest BCUT2D eigenvalue weighted by Gasteiger charge is -2.21. The fraction of sp³-hybridized carbons (Fsp3) is 0.750. The Kier molecular flexibility index (Phi) is 4.76. The van der Waals surface area contributed by atoms with Crippen LogP contribution in [-0.4, -0.2) is 51.1 Å². The number of cyclic esters (lactones) is 1. The SMILES string of the molecule is CCOC1=C(OS(=O)(=O)C(F)(F)F)C(=O)O[C@@H]1[C@@H]1COC(C)(C)O1. The Labute approximate surface area is 135 Å². The summed E-state index contributed by atoms with van der Waals surface area (Å²) in [7, 11) is -6.05. The third kappa shape index (κ3) is 3.59. The third-order valence-electron chi connectivity index (χ3n) is 3.05. The van der Waals surface area contributed by atoms with Crippen molar-refractivity contribution in [2.24, 2.45) is 0 Å². The van der Waals surface area contributed by atoms with Crippen LogP contribution in [0.2, 0.25) is 0 Å². The lowest BCUT2D eigenvalue weighted by Crippen LogP contribution is -2.33. The van der Waals surface area contributed by atoms with Crippen molar-refractivity contribution in [2.75, 3.05) is 13.2 Å². The van der Waals surface area contributed by atoms with Crippen LogP contribution in [0, 0.1) is 0 Å². The van der Waals surface area contributed by atoms with Crippen LogP contribution in [-0.2, 0) is 38.0 Å². The van der Waals surface area contributed by atoms with Crippen molar-refractivity contribution in [3.63, 3.8) is 0 Å². The summed E-state index contributed by atoms with van der Waals surface area (Å²) < 4.78 is 84.2. The molecule has 0 aliphatic carbocycles. The van der Waals surface area contributed by atoms with Crippen LogP contribution in [0.25, 0.3) is 0 Å². The number of hydrogen-bond donors (Lipinski definition) is 0. The average Bonchev–Trinajstić information content (AvgIpc) is 2.91. The molecule has 12 heteroatoms. The van der Waals surface area contributed by atoms with Gasteiger partial charge in [-0.1, -0.05) is 0 Å². The van der Waals surface area contributed by atoms with Gasteiger partial charge in [0, 0.05) is 0 Å². The van der Waals surface area contributed by atoms with Gasteiger partial charge < -0.3 is 23.1 Å². The summed E-state index contributed by atoms with van der Waals surface area (Å²) in [6.07, 6.45) is -2.17. The van der Waals surface area contributed by atoms with Gasteiger partial charge in [-0.3, -0.25) is 0 Å². The summed E-state index contributed by atoms with van der Waals surface area (Å²) >= 11 is 0. The van der Waals surface area contributed by atoms with Crippen LogP contribution in [0.4, 0.5) is 13.2 Å². The molecule has 24 heavy (non-hydrogen) atoms. The standard InChI is InChI=1S/C12H15F3O8S/c1-4-19-8-7(6-5-20-11(2,3)22-6)21-10(16)9(8)23-24(17,18)12(13,14)15/h6-7H,4-5H2,1-3H3/t6-,7+/m0/s1. The second-order valence-electron chi connectivity index (χ2n) is 5.30. The third-order valence-corrected chi connectivity index (χ3v) is 4.00. The normalized spacial score (nSPS) is 27.3. The van der Waals surface area contributed by atoms with Gasteiger partial charge >= 0.3 is 21.6 Å². The highest BCUT2D eigenvalue weighted by Gasteiger charge is 2.54. The molecule has 2 atom stereocenters. The fourth-order valence-electron chi connectivity index (χ4n) is 2.10. The van der Waals surface area contributed by atoms with E-state index < -0.39 is 51.1 Å². The van der Waals surface area contributed by atoms with Gasteiger partial charge in [-0.15, -0.1) is 0 Å². The molecule has 1 fully saturated rings. The molecule has 0 N–H and O–H groups in total. The van der Waals surface area contributed by atoms with E-state index in [9.17, 15) is 26.4 Å². The Morgan fingerprint density at radius 2 is 1.96 bits per heavy atom. The molecule has 0 aromatic heterocycles. The van der Waals surface area contributed by atoms with Gasteiger partial charge in [0.25, 0.3) is 5.76 Å². The first-order valence-corrected chi connectivity index (χ1v) is 8.19. The highest BCUT2D eigenvalue weighted by molar-refractivity contribution is 7.87. The van der Waals surface area contributed by atoms with Crippen LogP contribution in [0.15, 0.2) is 11.5 Å². The van der Waals surface area contributed by atoms with Crippen LogP contribution < -0.4 is 0 Å². The van der Waals surface area contributed by atoms with Gasteiger partial charge in [0.1, 0.15) is 6.10 Å². The topological polar surface area (TPSA) is 97.4 Å². The lowest BCUT2D eigenvalue weighted by atomic mass is 10.2. The van der Waals surface area contributed by atoms with Gasteiger partial charge in [0.15, 0.2) is 17.7 Å². The van der Waals surface area contributed by atoms with E-state index in [-0.39, 0.29) is 13.2 Å². The minimum Gasteiger partial charge on any atom is -0.490 e. The van der Waals surface area contributed by atoms with E-state index in [0.717, 1.165) is 0 Å². The number of ether oxygens (including phenoxy) is 4. The quantitative estimate of drug-likeness (QED) is 0.401. The molecule has 0 aromatic rings. The van der Waals surface area contributed by atoms with Gasteiger partial charge in [-0.2, -0.15) is 21.6 Å². The van der Waals surface area contributed by atoms with Crippen molar-refractivity contribution < 1.29 is 49.5 Å². The summed E-state index contributed by atoms with van der Waals surface area (Å²) in [5.74, 6) is -4.06. The van der Waals surface area contributed by atoms with E-state index in [4.69, 9.17) is 18.9 Å². The minimum atomic E-state index is -6.05. The maximum absolute atomic E-state index is 12.5. The van der Waals surface area contributed by atoms with Crippen LogP contribution >= 0.6 is 0 Å². The molecule has 8 nitrogen and oxygen atoms in total. The predicted molar refractivity (Wildman–Crippen MR) is 69.5 cm³/mol. The Morgan fingerprint density at radius 1 is 1.33 bits per heavy atom. The van der Waals surface area contributed by atoms with E-state index in [0.29, 0.717) is 0 Å². The zero-order valence-corrected chi connectivity index (χ0v) is 13.7. The van der Waals surface area contributed by atoms with Crippen LogP contribution in [0.5, 0.6) is 0 Å². The van der Waals surface area contributed by atoms with Gasteiger partial charge in [-0.25, -0.2) is 4.79 Å². The summed E-state index contributed by atoms with van der Waals surface area (Å²) in [6, 6.07) is 0. The molecular weight excluding hydrogens is 361 g/mol. The van der Waals surface area contributed by atoms with Crippen LogP contribution in [0.3, 0.4) is 0 Å². The monoisotopic (exact) mass is 376 g/mol. The number of rotatable bonds is 5. The maximum atomic E-state index is 12.5. The van der Waals surface area contributed by atoms with Crippen molar-refractivity contribution in [1.29, 1.82) is 0 Å². The van der Waals surface area contributed by atoms with Crippen molar-refractivity contribution in [1.82, 2.24) is 0 Å². The van der Waals surface area contributed by atoms with Crippen LogP contribution in [0.1, 0.15) is 20.8 Å². The second kappa shape index (κ2) is 6.08. The van der Waals surface area contributed by atoms with Gasteiger partial charge in [0.05, 0.1) is 13.2 Å². The number of carbonyl (C=O) groups excluding carboxylic acids is 1. The molecule has 0 radical (unpaired) electrons. The number of alkyl halides is 3. The smallest absolute Gasteiger partial charge is 0.490 e. The first-order valence-electron chi connectivity index (χ1n) is 6.78. The Balaban J connectivity index is 2.34. The van der Waals surface area contributed by atoms with E-state index in [2.05, 4.69) is 4.18 Å². The number of hydrogen-bond acceptors (Lipinski definition) is 8. The second-order valence-corrected chi connectivity index (χ2v) is 6.84. The molecule has 2 aliphatic heterocycles. The molecule has 138 valence electrons. The van der Waals surface area contributed by atoms with Crippen molar-refractivity contribution in [3.05, 3.63) is 11.5 Å². The zero-order chi connectivity index (χ0) is 18.3. The van der Waals surface area contributed by atoms with Crippen molar-refractivity contribution in [2.45, 2.75) is 44.3 Å². The molecule has 0 unspecified atom stereocenters. The average molecular weight is 376 g/mol. The summed E-state index contributed by atoms with van der Waals surface area (Å²) in [5, 5.41) is 0. The number of esters is 1. The summed E-state index contributed by atoms with van der Waals surface area (Å²) in [5.41, 5.74) is -5.70. The maximum Gasteiger partial charge on any atom is 0.534 e. The lowest BCUT2D eigenvalue weighted by molar-refractivity contribution is -0.163. The van der Waals surface area contributed by atoms with E-state index in [1.807, 2.05) is 0 Å². The molecule has 0 amide bonds. The molecule has 2 rings (SSSR count). The predicted octanol–water partition coefficient (Wildman–Crippen LogP) is 1.18. The molecule has 2 aliphatic rings. The minimum absolute atomic E-state index is 0.0409. The first-order chi connectivity index (χ1) is 10.9. The Bertz CT molecular complexity index is 652. The van der Waals surface area contributed by atoms with E-state index in [1.165, 1.54) is 6.92 Å². The van der Waals surface area contributed by atoms with Crippen molar-refractivity contribution in [3.8, 4) is 0 Å². The molecule has 2 heterocycles. The summed E-state index contributed by atoms with van der Waals surface area (Å²) in [4.78, 5) is 11.8. The van der Waals surface area contributed by atoms with Crippen molar-refractivity contribution >= 4 is 16.1 Å². The molecule has 1 saturated heterocycles. The van der Waals surface area contributed by atoms with Gasteiger partial charge in [0.2, 0.25) is 0 Å². The largest absolute Gasteiger partial charge is 0.534 e. The van der Waals surface area contributed by atoms with E-state index >= 15 is 0 Å². The van der Waals surface area contributed by atoms with Gasteiger partial charge in [-0.05, 0) is 20.8 Å². The van der Waals surface area contributed by atoms with E-state index in [1.54, 1.807) is 13.8 Å². The Morgan fingerprint density at radius 3 is 2.42 bits per heavy atom. The molecular formula is C12H15F3O8S. The molecule has 0 saturated carbocycles. The number of halogens is 3. The number of carbonyl (C=O) groups is 1. The highest BCUT2D eigenvalue weighted by atomic mass is 32.2. The summed E-state index contributed by atoms with van der Waals surface area (Å²) in [6.45, 7) is 4.54. The highest BCUT2D eigenvalue weighted by Crippen LogP contribution is 2.36. The zero-order valence-electron chi connectivity index (χ0n) is 12.9. The first kappa shape index (κ1) is 18.8. The Hall–Kier alpha value is -1.53. The molecule has 0 spiro atoms. The fourth-order valence-corrected chi connectivity index (χ4v) is 2.56. The molecule has 0 aromatic carbocycles. The molecule has 0 bridgehead atoms.